The van der Waals surface area contributed by atoms with Crippen LogP contribution >= 0.6 is 0 Å². The molecule has 14 heavy (non-hydrogen) atoms. The molecule has 0 aromatic heterocycles. The van der Waals surface area contributed by atoms with Crippen molar-refractivity contribution in [2.24, 2.45) is 5.73 Å². The predicted molar refractivity (Wildman–Crippen MR) is 57.9 cm³/mol. The standard InChI is InChI=1S/C9H12N4O/c10-6-3-5(1-2-8(12)14)4-7(11)9(6)13/h1-4H,10-11,13H2,(H2,12,14)/b2-1+. The summed E-state index contributed by atoms with van der Waals surface area (Å²) in [6, 6.07) is 3.23. The average molecular weight is 192 g/mol. The van der Waals surface area contributed by atoms with Gasteiger partial charge in [0.2, 0.25) is 5.91 Å². The van der Waals surface area contributed by atoms with E-state index in [1.165, 1.54) is 12.2 Å². The van der Waals surface area contributed by atoms with Crippen LogP contribution in [0.15, 0.2) is 18.2 Å². The fraction of sp³-hybridized carbons (Fsp3) is 0. The lowest BCUT2D eigenvalue weighted by atomic mass is 10.1. The van der Waals surface area contributed by atoms with Crippen molar-refractivity contribution in [2.45, 2.75) is 0 Å². The molecule has 5 nitrogen and oxygen atoms in total. The Bertz CT molecular complexity index is 375. The van der Waals surface area contributed by atoms with Crippen LogP contribution in [0.4, 0.5) is 17.1 Å². The van der Waals surface area contributed by atoms with Gasteiger partial charge in [-0.3, -0.25) is 4.79 Å². The van der Waals surface area contributed by atoms with E-state index in [2.05, 4.69) is 0 Å². The Kier molecular flexibility index (Phi) is 2.62. The SMILES string of the molecule is NC(=O)/C=C/c1cc(N)c(N)c(N)c1. The number of rotatable bonds is 2. The smallest absolute Gasteiger partial charge is 0.241 e. The number of carbonyl (C=O) groups is 1. The second kappa shape index (κ2) is 3.69. The van der Waals surface area contributed by atoms with Crippen molar-refractivity contribution in [3.8, 4) is 0 Å². The Morgan fingerprint density at radius 3 is 2.07 bits per heavy atom. The Balaban J connectivity index is 3.07. The van der Waals surface area contributed by atoms with Gasteiger partial charge in [0.15, 0.2) is 0 Å². The van der Waals surface area contributed by atoms with Gasteiger partial charge in [-0.1, -0.05) is 0 Å². The number of anilines is 3. The molecule has 1 aromatic carbocycles. The molecule has 0 aliphatic heterocycles. The minimum atomic E-state index is -0.529. The normalized spacial score (nSPS) is 10.6. The van der Waals surface area contributed by atoms with Gasteiger partial charge in [0.25, 0.3) is 0 Å². The largest absolute Gasteiger partial charge is 0.397 e. The molecule has 0 unspecified atom stereocenters. The monoisotopic (exact) mass is 192 g/mol. The topological polar surface area (TPSA) is 121 Å². The van der Waals surface area contributed by atoms with Crippen LogP contribution in [0.3, 0.4) is 0 Å². The Hall–Kier alpha value is -2.17. The summed E-state index contributed by atoms with van der Waals surface area (Å²) < 4.78 is 0. The summed E-state index contributed by atoms with van der Waals surface area (Å²) in [5.41, 5.74) is 23.4. The molecule has 0 saturated heterocycles. The molecule has 1 aromatic rings. The van der Waals surface area contributed by atoms with E-state index in [-0.39, 0.29) is 0 Å². The lowest BCUT2D eigenvalue weighted by Gasteiger charge is -2.05. The molecule has 0 radical (unpaired) electrons. The van der Waals surface area contributed by atoms with Crippen molar-refractivity contribution >= 4 is 29.0 Å². The molecule has 0 bridgehead atoms. The lowest BCUT2D eigenvalue weighted by Crippen LogP contribution is -2.05. The second-order valence-corrected chi connectivity index (χ2v) is 2.85. The number of hydrogen-bond acceptors (Lipinski definition) is 4. The third-order valence-electron chi connectivity index (χ3n) is 1.71. The maximum absolute atomic E-state index is 10.5. The van der Waals surface area contributed by atoms with E-state index in [1.54, 1.807) is 12.1 Å². The van der Waals surface area contributed by atoms with Gasteiger partial charge in [-0.2, -0.15) is 0 Å². The van der Waals surface area contributed by atoms with Gasteiger partial charge in [0.1, 0.15) is 0 Å². The van der Waals surface area contributed by atoms with Gasteiger partial charge in [-0.05, 0) is 23.8 Å². The minimum Gasteiger partial charge on any atom is -0.397 e. The summed E-state index contributed by atoms with van der Waals surface area (Å²) in [6.45, 7) is 0. The number of carbonyl (C=O) groups excluding carboxylic acids is 1. The van der Waals surface area contributed by atoms with Crippen molar-refractivity contribution in [1.82, 2.24) is 0 Å². The summed E-state index contributed by atoms with van der Waals surface area (Å²) in [4.78, 5) is 10.5. The van der Waals surface area contributed by atoms with E-state index >= 15 is 0 Å². The zero-order valence-corrected chi connectivity index (χ0v) is 7.53. The molecular formula is C9H12N4O. The first kappa shape index (κ1) is 9.91. The average Bonchev–Trinajstić information content (AvgIpc) is 2.10. The third-order valence-corrected chi connectivity index (χ3v) is 1.71. The van der Waals surface area contributed by atoms with Gasteiger partial charge in [0.05, 0.1) is 17.1 Å². The van der Waals surface area contributed by atoms with Crippen LogP contribution in [0.25, 0.3) is 6.08 Å². The molecule has 0 atom stereocenters. The van der Waals surface area contributed by atoms with Gasteiger partial charge in [0, 0.05) is 6.08 Å². The summed E-state index contributed by atoms with van der Waals surface area (Å²) in [6.07, 6.45) is 2.75. The van der Waals surface area contributed by atoms with E-state index in [0.29, 0.717) is 22.6 Å². The maximum atomic E-state index is 10.5. The van der Waals surface area contributed by atoms with E-state index in [1.807, 2.05) is 0 Å². The number of primary amides is 1. The summed E-state index contributed by atoms with van der Waals surface area (Å²) in [5.74, 6) is -0.529. The molecule has 0 spiro atoms. The lowest BCUT2D eigenvalue weighted by molar-refractivity contribution is -0.113. The first-order chi connectivity index (χ1) is 6.50. The Morgan fingerprint density at radius 1 is 1.14 bits per heavy atom. The van der Waals surface area contributed by atoms with Crippen molar-refractivity contribution in [3.63, 3.8) is 0 Å². The molecule has 0 aliphatic carbocycles. The first-order valence-electron chi connectivity index (χ1n) is 3.92. The number of benzene rings is 1. The number of amides is 1. The molecule has 8 N–H and O–H groups in total. The van der Waals surface area contributed by atoms with Gasteiger partial charge in [-0.25, -0.2) is 0 Å². The summed E-state index contributed by atoms with van der Waals surface area (Å²) in [5, 5.41) is 0. The van der Waals surface area contributed by atoms with Crippen molar-refractivity contribution in [2.75, 3.05) is 17.2 Å². The van der Waals surface area contributed by atoms with Crippen LogP contribution in [0.1, 0.15) is 5.56 Å². The highest BCUT2D eigenvalue weighted by molar-refractivity contribution is 5.91. The third kappa shape index (κ3) is 2.16. The van der Waals surface area contributed by atoms with Gasteiger partial charge in [-0.15, -0.1) is 0 Å². The van der Waals surface area contributed by atoms with Gasteiger partial charge >= 0.3 is 0 Å². The van der Waals surface area contributed by atoms with Crippen molar-refractivity contribution in [3.05, 3.63) is 23.8 Å². The predicted octanol–water partition coefficient (Wildman–Crippen LogP) is -0.0683. The Morgan fingerprint density at radius 2 is 1.64 bits per heavy atom. The molecule has 0 aliphatic rings. The van der Waals surface area contributed by atoms with Crippen molar-refractivity contribution in [1.29, 1.82) is 0 Å². The highest BCUT2D eigenvalue weighted by Crippen LogP contribution is 2.24. The second-order valence-electron chi connectivity index (χ2n) is 2.85. The molecule has 1 amide bonds. The molecule has 5 heteroatoms. The summed E-state index contributed by atoms with van der Waals surface area (Å²) >= 11 is 0. The Labute approximate surface area is 81.4 Å². The molecule has 1 rings (SSSR count). The molecule has 0 saturated carbocycles. The van der Waals surface area contributed by atoms with E-state index in [4.69, 9.17) is 22.9 Å². The summed E-state index contributed by atoms with van der Waals surface area (Å²) in [7, 11) is 0. The molecule has 0 fully saturated rings. The van der Waals surface area contributed by atoms with Crippen molar-refractivity contribution < 1.29 is 4.79 Å². The van der Waals surface area contributed by atoms with Crippen LogP contribution in [0, 0.1) is 0 Å². The molecule has 0 heterocycles. The molecular weight excluding hydrogens is 180 g/mol. The van der Waals surface area contributed by atoms with Crippen LogP contribution in [0.5, 0.6) is 0 Å². The number of hydrogen-bond donors (Lipinski definition) is 4. The van der Waals surface area contributed by atoms with Crippen LogP contribution < -0.4 is 22.9 Å². The van der Waals surface area contributed by atoms with Crippen LogP contribution in [-0.2, 0) is 4.79 Å². The van der Waals surface area contributed by atoms with E-state index in [0.717, 1.165) is 0 Å². The minimum absolute atomic E-state index is 0.348. The highest BCUT2D eigenvalue weighted by atomic mass is 16.1. The first-order valence-corrected chi connectivity index (χ1v) is 3.92. The maximum Gasteiger partial charge on any atom is 0.241 e. The van der Waals surface area contributed by atoms with Gasteiger partial charge < -0.3 is 22.9 Å². The van der Waals surface area contributed by atoms with Crippen LogP contribution in [-0.4, -0.2) is 5.91 Å². The fourth-order valence-electron chi connectivity index (χ4n) is 0.998. The number of nitrogens with two attached hydrogens (primary N) is 4. The fourth-order valence-corrected chi connectivity index (χ4v) is 0.998. The number of nitrogen functional groups attached to an aromatic ring is 3. The highest BCUT2D eigenvalue weighted by Gasteiger charge is 2.00. The van der Waals surface area contributed by atoms with E-state index in [9.17, 15) is 4.79 Å². The molecule has 74 valence electrons. The zero-order valence-electron chi connectivity index (χ0n) is 7.53. The zero-order chi connectivity index (χ0) is 10.7. The quantitative estimate of drug-likeness (QED) is 0.387. The van der Waals surface area contributed by atoms with Crippen LogP contribution in [0.2, 0.25) is 0 Å². The van der Waals surface area contributed by atoms with E-state index < -0.39 is 5.91 Å².